The van der Waals surface area contributed by atoms with E-state index in [1.807, 2.05) is 0 Å². The zero-order valence-electron chi connectivity index (χ0n) is 13.3. The van der Waals surface area contributed by atoms with Crippen molar-refractivity contribution in [2.24, 2.45) is 5.92 Å². The van der Waals surface area contributed by atoms with Crippen molar-refractivity contribution >= 4 is 21.6 Å². The molecule has 1 N–H and O–H groups in total. The largest absolute Gasteiger partial charge is 0.342 e. The van der Waals surface area contributed by atoms with Crippen molar-refractivity contribution in [3.05, 3.63) is 30.1 Å². The predicted molar refractivity (Wildman–Crippen MR) is 88.0 cm³/mol. The van der Waals surface area contributed by atoms with Crippen LogP contribution in [0.1, 0.15) is 32.6 Å². The Kier molecular flexibility index (Phi) is 5.98. The summed E-state index contributed by atoms with van der Waals surface area (Å²) in [4.78, 5) is 14.2. The minimum absolute atomic E-state index is 0.128. The number of amides is 1. The van der Waals surface area contributed by atoms with Crippen LogP contribution in [-0.2, 0) is 14.8 Å². The van der Waals surface area contributed by atoms with Crippen LogP contribution in [0.15, 0.2) is 24.3 Å². The number of carbonyl (C=O) groups is 1. The molecule has 1 unspecified atom stereocenters. The second kappa shape index (κ2) is 7.77. The van der Waals surface area contributed by atoms with Crippen LogP contribution in [0.2, 0.25) is 0 Å². The lowest BCUT2D eigenvalue weighted by Crippen LogP contribution is -2.39. The summed E-state index contributed by atoms with van der Waals surface area (Å²) < 4.78 is 39.8. The van der Waals surface area contributed by atoms with E-state index in [0.29, 0.717) is 13.1 Å². The first-order chi connectivity index (χ1) is 10.9. The second-order valence-corrected chi connectivity index (χ2v) is 7.80. The Labute approximate surface area is 136 Å². The van der Waals surface area contributed by atoms with Gasteiger partial charge in [-0.15, -0.1) is 0 Å². The number of sulfonamides is 1. The number of anilines is 1. The summed E-state index contributed by atoms with van der Waals surface area (Å²) in [5.41, 5.74) is 0.166. The van der Waals surface area contributed by atoms with Gasteiger partial charge in [-0.1, -0.05) is 25.8 Å². The molecule has 0 aliphatic carbocycles. The molecule has 1 aliphatic rings. The van der Waals surface area contributed by atoms with Gasteiger partial charge in [0.25, 0.3) is 0 Å². The molecule has 7 heteroatoms. The summed E-state index contributed by atoms with van der Waals surface area (Å²) >= 11 is 0. The van der Waals surface area contributed by atoms with E-state index in [4.69, 9.17) is 0 Å². The molecular weight excluding hydrogens is 319 g/mol. The third-order valence-corrected chi connectivity index (χ3v) is 5.39. The molecule has 1 aromatic carbocycles. The minimum atomic E-state index is -3.71. The third-order valence-electron chi connectivity index (χ3n) is 3.91. The van der Waals surface area contributed by atoms with Gasteiger partial charge in [0.15, 0.2) is 0 Å². The predicted octanol–water partition coefficient (Wildman–Crippen LogP) is 2.61. The highest BCUT2D eigenvalue weighted by Gasteiger charge is 2.26. The summed E-state index contributed by atoms with van der Waals surface area (Å²) in [6.07, 6.45) is 4.15. The molecule has 1 fully saturated rings. The van der Waals surface area contributed by atoms with Gasteiger partial charge in [0.1, 0.15) is 5.82 Å². The highest BCUT2D eigenvalue weighted by atomic mass is 32.2. The molecule has 1 atom stereocenters. The number of hydrogen-bond acceptors (Lipinski definition) is 3. The van der Waals surface area contributed by atoms with Crippen molar-refractivity contribution < 1.29 is 17.6 Å². The van der Waals surface area contributed by atoms with Gasteiger partial charge in [-0.3, -0.25) is 9.52 Å². The SMILES string of the molecule is CC(CS(=O)(=O)Nc1cccc(F)c1)C(=O)N1CCCCCC1. The van der Waals surface area contributed by atoms with Crippen molar-refractivity contribution in [2.75, 3.05) is 23.6 Å². The summed E-state index contributed by atoms with van der Waals surface area (Å²) in [6.45, 7) is 3.01. The van der Waals surface area contributed by atoms with Crippen LogP contribution >= 0.6 is 0 Å². The van der Waals surface area contributed by atoms with Gasteiger partial charge in [0.05, 0.1) is 17.4 Å². The molecule has 1 aliphatic heterocycles. The number of hydrogen-bond donors (Lipinski definition) is 1. The molecule has 0 saturated carbocycles. The van der Waals surface area contributed by atoms with E-state index in [2.05, 4.69) is 4.72 Å². The van der Waals surface area contributed by atoms with E-state index in [1.165, 1.54) is 18.2 Å². The fourth-order valence-corrected chi connectivity index (χ4v) is 4.15. The fourth-order valence-electron chi connectivity index (χ4n) is 2.78. The van der Waals surface area contributed by atoms with Gasteiger partial charge >= 0.3 is 0 Å². The number of nitrogens with zero attached hydrogens (tertiary/aromatic N) is 1. The first-order valence-electron chi connectivity index (χ1n) is 7.92. The van der Waals surface area contributed by atoms with Crippen molar-refractivity contribution in [3.63, 3.8) is 0 Å². The fraction of sp³-hybridized carbons (Fsp3) is 0.562. The van der Waals surface area contributed by atoms with Crippen molar-refractivity contribution in [3.8, 4) is 0 Å². The van der Waals surface area contributed by atoms with Crippen molar-refractivity contribution in [1.82, 2.24) is 4.90 Å². The smallest absolute Gasteiger partial charge is 0.233 e. The Morgan fingerprint density at radius 2 is 1.91 bits per heavy atom. The normalized spacial score (nSPS) is 17.4. The Morgan fingerprint density at radius 1 is 1.26 bits per heavy atom. The van der Waals surface area contributed by atoms with Crippen LogP contribution in [0.5, 0.6) is 0 Å². The highest BCUT2D eigenvalue weighted by Crippen LogP contribution is 2.16. The van der Waals surface area contributed by atoms with E-state index in [9.17, 15) is 17.6 Å². The summed E-state index contributed by atoms with van der Waals surface area (Å²) in [6, 6.07) is 5.25. The lowest BCUT2D eigenvalue weighted by atomic mass is 10.2. The molecule has 0 radical (unpaired) electrons. The maximum absolute atomic E-state index is 13.1. The standard InChI is InChI=1S/C16H23FN2O3S/c1-13(16(20)19-9-4-2-3-5-10-19)12-23(21,22)18-15-8-6-7-14(17)11-15/h6-8,11,13,18H,2-5,9-10,12H2,1H3. The lowest BCUT2D eigenvalue weighted by molar-refractivity contribution is -0.134. The topological polar surface area (TPSA) is 66.5 Å². The van der Waals surface area contributed by atoms with E-state index in [0.717, 1.165) is 31.7 Å². The van der Waals surface area contributed by atoms with Crippen LogP contribution in [0.3, 0.4) is 0 Å². The molecule has 2 rings (SSSR count). The molecule has 5 nitrogen and oxygen atoms in total. The number of rotatable bonds is 5. The zero-order chi connectivity index (χ0) is 16.9. The number of carbonyl (C=O) groups excluding carboxylic acids is 1. The van der Waals surface area contributed by atoms with E-state index >= 15 is 0 Å². The quantitative estimate of drug-likeness (QED) is 0.894. The van der Waals surface area contributed by atoms with Gasteiger partial charge in [0, 0.05) is 13.1 Å². The maximum Gasteiger partial charge on any atom is 0.233 e. The number of halogens is 1. The molecule has 128 valence electrons. The molecule has 1 heterocycles. The Hall–Kier alpha value is -1.63. The summed E-state index contributed by atoms with van der Waals surface area (Å²) in [5, 5.41) is 0. The van der Waals surface area contributed by atoms with Gasteiger partial charge in [-0.25, -0.2) is 12.8 Å². The molecule has 23 heavy (non-hydrogen) atoms. The maximum atomic E-state index is 13.1. The van der Waals surface area contributed by atoms with E-state index < -0.39 is 21.8 Å². The van der Waals surface area contributed by atoms with Crippen LogP contribution in [0.4, 0.5) is 10.1 Å². The molecular formula is C16H23FN2O3S. The van der Waals surface area contributed by atoms with Gasteiger partial charge in [-0.2, -0.15) is 0 Å². The number of likely N-dealkylation sites (tertiary alicyclic amines) is 1. The lowest BCUT2D eigenvalue weighted by Gasteiger charge is -2.24. The van der Waals surface area contributed by atoms with Crippen LogP contribution in [0.25, 0.3) is 0 Å². The molecule has 1 saturated heterocycles. The van der Waals surface area contributed by atoms with Crippen molar-refractivity contribution in [2.45, 2.75) is 32.6 Å². The Bertz CT molecular complexity index is 640. The van der Waals surface area contributed by atoms with Crippen LogP contribution in [-0.4, -0.2) is 38.1 Å². The molecule has 1 amide bonds. The average Bonchev–Trinajstić information content (AvgIpc) is 2.74. The second-order valence-electron chi connectivity index (χ2n) is 6.03. The Morgan fingerprint density at radius 3 is 2.52 bits per heavy atom. The number of benzene rings is 1. The molecule has 0 aromatic heterocycles. The molecule has 0 spiro atoms. The van der Waals surface area contributed by atoms with E-state index in [1.54, 1.807) is 11.8 Å². The van der Waals surface area contributed by atoms with Crippen LogP contribution in [0, 0.1) is 11.7 Å². The summed E-state index contributed by atoms with van der Waals surface area (Å²) in [7, 11) is -3.71. The van der Waals surface area contributed by atoms with E-state index in [-0.39, 0.29) is 17.3 Å². The first kappa shape index (κ1) is 17.7. The number of nitrogens with one attached hydrogen (secondary N) is 1. The minimum Gasteiger partial charge on any atom is -0.342 e. The summed E-state index contributed by atoms with van der Waals surface area (Å²) in [5.74, 6) is -1.58. The zero-order valence-corrected chi connectivity index (χ0v) is 14.1. The molecule has 1 aromatic rings. The van der Waals surface area contributed by atoms with Crippen LogP contribution < -0.4 is 4.72 Å². The Balaban J connectivity index is 1.97. The average molecular weight is 342 g/mol. The van der Waals surface area contributed by atoms with Gasteiger partial charge in [-0.05, 0) is 31.0 Å². The van der Waals surface area contributed by atoms with Gasteiger partial charge < -0.3 is 4.90 Å². The third kappa shape index (κ3) is 5.49. The van der Waals surface area contributed by atoms with Crippen molar-refractivity contribution in [1.29, 1.82) is 0 Å². The molecule has 0 bridgehead atoms. The van der Waals surface area contributed by atoms with Gasteiger partial charge in [0.2, 0.25) is 15.9 Å². The first-order valence-corrected chi connectivity index (χ1v) is 9.57. The highest BCUT2D eigenvalue weighted by molar-refractivity contribution is 7.92. The monoisotopic (exact) mass is 342 g/mol.